The highest BCUT2D eigenvalue weighted by Crippen LogP contribution is 2.10. The normalized spacial score (nSPS) is 13.2. The first-order chi connectivity index (χ1) is 8.13. The molecule has 0 fully saturated rings. The second-order valence-electron chi connectivity index (χ2n) is 5.28. The third-order valence-electron chi connectivity index (χ3n) is 3.13. The lowest BCUT2D eigenvalue weighted by atomic mass is 10.0. The predicted molar refractivity (Wildman–Crippen MR) is 73.1 cm³/mol. The van der Waals surface area contributed by atoms with Crippen LogP contribution < -0.4 is 5.32 Å². The van der Waals surface area contributed by atoms with Crippen LogP contribution in [0.15, 0.2) is 12.4 Å². The summed E-state index contributed by atoms with van der Waals surface area (Å²) in [6, 6.07) is 0.568. The minimum absolute atomic E-state index is 0.568. The Hall–Kier alpha value is -0.830. The first kappa shape index (κ1) is 14.2. The maximum absolute atomic E-state index is 4.41. The third-order valence-corrected chi connectivity index (χ3v) is 3.13. The van der Waals surface area contributed by atoms with Crippen LogP contribution in [0.25, 0.3) is 0 Å². The van der Waals surface area contributed by atoms with Gasteiger partial charge in [0.1, 0.15) is 5.82 Å². The van der Waals surface area contributed by atoms with Crippen molar-refractivity contribution >= 4 is 0 Å². The molecule has 1 aromatic heterocycles. The fraction of sp³-hybridized carbons (Fsp3) is 0.786. The zero-order valence-electron chi connectivity index (χ0n) is 11.7. The van der Waals surface area contributed by atoms with Crippen molar-refractivity contribution in [3.8, 4) is 0 Å². The minimum Gasteiger partial charge on any atom is -0.338 e. The van der Waals surface area contributed by atoms with E-state index in [0.29, 0.717) is 6.04 Å². The van der Waals surface area contributed by atoms with Crippen molar-refractivity contribution in [2.75, 3.05) is 6.54 Å². The van der Waals surface area contributed by atoms with E-state index in [1.165, 1.54) is 25.1 Å². The number of hydrogen-bond donors (Lipinski definition) is 1. The van der Waals surface area contributed by atoms with Gasteiger partial charge in [0.15, 0.2) is 0 Å². The van der Waals surface area contributed by atoms with E-state index < -0.39 is 0 Å². The second-order valence-corrected chi connectivity index (χ2v) is 5.28. The van der Waals surface area contributed by atoms with Gasteiger partial charge in [-0.1, -0.05) is 20.8 Å². The fourth-order valence-electron chi connectivity index (χ4n) is 1.97. The van der Waals surface area contributed by atoms with E-state index in [4.69, 9.17) is 0 Å². The summed E-state index contributed by atoms with van der Waals surface area (Å²) in [6.07, 6.45) is 8.66. The van der Waals surface area contributed by atoms with Crippen LogP contribution >= 0.6 is 0 Å². The lowest BCUT2D eigenvalue weighted by Gasteiger charge is -2.19. The van der Waals surface area contributed by atoms with Gasteiger partial charge in [0.05, 0.1) is 0 Å². The van der Waals surface area contributed by atoms with Gasteiger partial charge in [0.2, 0.25) is 0 Å². The zero-order valence-corrected chi connectivity index (χ0v) is 11.7. The summed E-state index contributed by atoms with van der Waals surface area (Å²) in [4.78, 5) is 4.41. The predicted octanol–water partition coefficient (Wildman–Crippen LogP) is 2.77. The highest BCUT2D eigenvalue weighted by Gasteiger charge is 2.12. The molecule has 0 spiro atoms. The van der Waals surface area contributed by atoms with Crippen molar-refractivity contribution in [3.63, 3.8) is 0 Å². The number of aryl methyl sites for hydroxylation is 1. The molecule has 98 valence electrons. The maximum atomic E-state index is 4.41. The van der Waals surface area contributed by atoms with Crippen molar-refractivity contribution in [2.24, 2.45) is 13.0 Å². The lowest BCUT2D eigenvalue weighted by molar-refractivity contribution is 0.419. The van der Waals surface area contributed by atoms with Gasteiger partial charge >= 0.3 is 0 Å². The highest BCUT2D eigenvalue weighted by molar-refractivity contribution is 4.94. The Kier molecular flexibility index (Phi) is 6.27. The maximum Gasteiger partial charge on any atom is 0.109 e. The quantitative estimate of drug-likeness (QED) is 0.753. The average Bonchev–Trinajstić information content (AvgIpc) is 2.68. The smallest absolute Gasteiger partial charge is 0.109 e. The zero-order chi connectivity index (χ0) is 12.7. The Morgan fingerprint density at radius 1 is 1.35 bits per heavy atom. The van der Waals surface area contributed by atoms with Gasteiger partial charge in [-0.15, -0.1) is 0 Å². The molecular formula is C14H27N3. The number of hydrogen-bond acceptors (Lipinski definition) is 2. The molecule has 0 saturated carbocycles. The number of aromatic nitrogens is 2. The minimum atomic E-state index is 0.568. The van der Waals surface area contributed by atoms with Crippen LogP contribution in [-0.4, -0.2) is 22.1 Å². The van der Waals surface area contributed by atoms with Gasteiger partial charge in [-0.2, -0.15) is 0 Å². The molecule has 1 unspecified atom stereocenters. The van der Waals surface area contributed by atoms with Gasteiger partial charge in [0, 0.05) is 31.9 Å². The molecule has 1 heterocycles. The summed E-state index contributed by atoms with van der Waals surface area (Å²) in [5.74, 6) is 1.96. The first-order valence-corrected chi connectivity index (χ1v) is 6.83. The number of nitrogens with zero attached hydrogens (tertiary/aromatic N) is 2. The molecule has 0 aliphatic heterocycles. The largest absolute Gasteiger partial charge is 0.338 e. The number of nitrogens with one attached hydrogen (secondary N) is 1. The Morgan fingerprint density at radius 2 is 2.12 bits per heavy atom. The Bertz CT molecular complexity index is 304. The molecule has 1 aromatic rings. The van der Waals surface area contributed by atoms with Crippen molar-refractivity contribution < 1.29 is 0 Å². The molecule has 0 radical (unpaired) electrons. The number of rotatable bonds is 8. The van der Waals surface area contributed by atoms with Crippen molar-refractivity contribution in [2.45, 2.75) is 52.5 Å². The molecule has 1 N–H and O–H groups in total. The molecule has 3 heteroatoms. The van der Waals surface area contributed by atoms with Gasteiger partial charge in [-0.05, 0) is 31.7 Å². The molecule has 17 heavy (non-hydrogen) atoms. The summed E-state index contributed by atoms with van der Waals surface area (Å²) >= 11 is 0. The standard InChI is InChI=1S/C14H27N3/c1-5-8-15-13(7-6-12(2)3)11-14-16-9-10-17(14)4/h9-10,12-13,15H,5-8,11H2,1-4H3. The topological polar surface area (TPSA) is 29.9 Å². The molecule has 0 bridgehead atoms. The first-order valence-electron chi connectivity index (χ1n) is 6.83. The summed E-state index contributed by atoms with van der Waals surface area (Å²) in [7, 11) is 2.07. The van der Waals surface area contributed by atoms with Crippen LogP contribution in [-0.2, 0) is 13.5 Å². The van der Waals surface area contributed by atoms with E-state index in [0.717, 1.165) is 18.9 Å². The summed E-state index contributed by atoms with van der Waals surface area (Å²) in [5, 5.41) is 3.64. The van der Waals surface area contributed by atoms with E-state index >= 15 is 0 Å². The molecule has 0 aliphatic carbocycles. The molecule has 1 rings (SSSR count). The van der Waals surface area contributed by atoms with E-state index in [-0.39, 0.29) is 0 Å². The van der Waals surface area contributed by atoms with Crippen LogP contribution in [0.4, 0.5) is 0 Å². The molecular weight excluding hydrogens is 210 g/mol. The molecule has 1 atom stereocenters. The van der Waals surface area contributed by atoms with Crippen molar-refractivity contribution in [1.29, 1.82) is 0 Å². The van der Waals surface area contributed by atoms with Crippen LogP contribution in [0.3, 0.4) is 0 Å². The molecule has 0 aliphatic rings. The summed E-state index contributed by atoms with van der Waals surface area (Å²) in [6.45, 7) is 7.90. The second kappa shape index (κ2) is 7.49. The summed E-state index contributed by atoms with van der Waals surface area (Å²) in [5.41, 5.74) is 0. The molecule has 0 saturated heterocycles. The molecule has 0 amide bonds. The van der Waals surface area contributed by atoms with Crippen molar-refractivity contribution in [3.05, 3.63) is 18.2 Å². The Morgan fingerprint density at radius 3 is 2.65 bits per heavy atom. The van der Waals surface area contributed by atoms with Gasteiger partial charge in [-0.3, -0.25) is 0 Å². The monoisotopic (exact) mass is 237 g/mol. The van der Waals surface area contributed by atoms with Gasteiger partial charge in [-0.25, -0.2) is 4.98 Å². The highest BCUT2D eigenvalue weighted by atomic mass is 15.0. The van der Waals surface area contributed by atoms with Crippen LogP contribution in [0.2, 0.25) is 0 Å². The van der Waals surface area contributed by atoms with E-state index in [1.807, 2.05) is 12.4 Å². The van der Waals surface area contributed by atoms with Crippen LogP contribution in [0.1, 0.15) is 45.9 Å². The van der Waals surface area contributed by atoms with E-state index in [9.17, 15) is 0 Å². The number of imidazole rings is 1. The molecule has 3 nitrogen and oxygen atoms in total. The summed E-state index contributed by atoms with van der Waals surface area (Å²) < 4.78 is 2.12. The van der Waals surface area contributed by atoms with E-state index in [2.05, 4.69) is 42.7 Å². The lowest BCUT2D eigenvalue weighted by Crippen LogP contribution is -2.33. The SMILES string of the molecule is CCCNC(CCC(C)C)Cc1nccn1C. The van der Waals surface area contributed by atoms with Gasteiger partial charge < -0.3 is 9.88 Å². The van der Waals surface area contributed by atoms with Gasteiger partial charge in [0.25, 0.3) is 0 Å². The molecule has 0 aromatic carbocycles. The fourth-order valence-corrected chi connectivity index (χ4v) is 1.97. The Labute approximate surface area is 106 Å². The Balaban J connectivity index is 2.47. The van der Waals surface area contributed by atoms with Crippen LogP contribution in [0, 0.1) is 5.92 Å². The van der Waals surface area contributed by atoms with Crippen molar-refractivity contribution in [1.82, 2.24) is 14.9 Å². The van der Waals surface area contributed by atoms with E-state index in [1.54, 1.807) is 0 Å². The average molecular weight is 237 g/mol. The third kappa shape index (κ3) is 5.35. The van der Waals surface area contributed by atoms with Crippen LogP contribution in [0.5, 0.6) is 0 Å².